The zero-order chi connectivity index (χ0) is 24.9. The van der Waals surface area contributed by atoms with Crippen LogP contribution in [-0.4, -0.2) is 47.8 Å². The van der Waals surface area contributed by atoms with Crippen LogP contribution in [0.1, 0.15) is 42.2 Å². The summed E-state index contributed by atoms with van der Waals surface area (Å²) in [7, 11) is 0. The van der Waals surface area contributed by atoms with Crippen LogP contribution in [0.4, 0.5) is 5.69 Å². The fraction of sp³-hybridized carbons (Fsp3) is 0.310. The molecule has 6 rings (SSSR count). The van der Waals surface area contributed by atoms with Crippen molar-refractivity contribution in [3.05, 3.63) is 77.4 Å². The molecule has 0 bridgehead atoms. The van der Waals surface area contributed by atoms with Crippen LogP contribution in [0.5, 0.6) is 11.5 Å². The Labute approximate surface area is 211 Å². The smallest absolute Gasteiger partial charge is 0.253 e. The first-order chi connectivity index (χ1) is 17.4. The molecule has 36 heavy (non-hydrogen) atoms. The summed E-state index contributed by atoms with van der Waals surface area (Å²) in [5, 5.41) is 12.9. The molecule has 0 radical (unpaired) electrons. The normalized spacial score (nSPS) is 19.3. The van der Waals surface area contributed by atoms with E-state index in [4.69, 9.17) is 9.47 Å². The molecule has 186 valence electrons. The third kappa shape index (κ3) is 3.99. The predicted octanol–water partition coefficient (Wildman–Crippen LogP) is 4.51. The second kappa shape index (κ2) is 8.68. The number of benzene rings is 3. The highest BCUT2D eigenvalue weighted by Gasteiger charge is 2.51. The van der Waals surface area contributed by atoms with Gasteiger partial charge in [-0.15, -0.1) is 0 Å². The van der Waals surface area contributed by atoms with E-state index in [1.807, 2.05) is 67.6 Å². The molecule has 2 heterocycles. The highest BCUT2D eigenvalue weighted by Crippen LogP contribution is 2.51. The van der Waals surface area contributed by atoms with E-state index in [0.717, 1.165) is 40.8 Å². The summed E-state index contributed by atoms with van der Waals surface area (Å²) in [6.07, 6.45) is 1.77. The summed E-state index contributed by atoms with van der Waals surface area (Å²) >= 11 is 0. The second-order valence-electron chi connectivity index (χ2n) is 9.90. The molecule has 0 unspecified atom stereocenters. The number of ether oxygens (including phenoxy) is 2. The maximum absolute atomic E-state index is 13.4. The average molecular weight is 487 g/mol. The van der Waals surface area contributed by atoms with E-state index < -0.39 is 11.5 Å². The topological polar surface area (TPSA) is 88.1 Å². The van der Waals surface area contributed by atoms with Gasteiger partial charge in [0.1, 0.15) is 0 Å². The van der Waals surface area contributed by atoms with E-state index in [2.05, 4.69) is 5.32 Å². The largest absolute Gasteiger partial charge is 0.454 e. The van der Waals surface area contributed by atoms with Gasteiger partial charge in [-0.25, -0.2) is 0 Å². The number of likely N-dealkylation sites (tertiary alicyclic amines) is 1. The zero-order valence-electron chi connectivity index (χ0n) is 20.1. The van der Waals surface area contributed by atoms with Crippen molar-refractivity contribution < 1.29 is 25.6 Å². The van der Waals surface area contributed by atoms with Gasteiger partial charge in [-0.1, -0.05) is 24.3 Å². The number of hydrogen-bond donors (Lipinski definition) is 2. The Morgan fingerprint density at radius 1 is 1.03 bits per heavy atom. The third-order valence-corrected chi connectivity index (χ3v) is 7.50. The highest BCUT2D eigenvalue weighted by atomic mass is 16.7. The molecule has 1 saturated heterocycles. The second-order valence-corrected chi connectivity index (χ2v) is 9.90. The van der Waals surface area contributed by atoms with Crippen molar-refractivity contribution in [3.8, 4) is 22.6 Å². The molecule has 7 heteroatoms. The molecule has 1 aliphatic carbocycles. The molecule has 2 fully saturated rings. The standard InChI is InChI=1S/C29H28N2O5.H2/c1-18-2-8-22(30-28(34)29(11-12-29)21-7-9-25-26(14-21)36-17-35-25)15-24(18)19-3-5-20(6-4-19)27(33)31-13-10-23(32)16-31;/h2-9,14-15,23,32H,10-13,16-17H2,1H3,(H,30,34);1H/t23-;/m0./s1. The van der Waals surface area contributed by atoms with E-state index in [1.54, 1.807) is 4.90 Å². The van der Waals surface area contributed by atoms with Crippen LogP contribution in [-0.2, 0) is 10.2 Å². The summed E-state index contributed by atoms with van der Waals surface area (Å²) in [5.41, 5.74) is 4.79. The number of carbonyl (C=O) groups excluding carboxylic acids is 2. The molecule has 0 aromatic heterocycles. The SMILES string of the molecule is Cc1ccc(NC(=O)C2(c3ccc4c(c3)OCO4)CC2)cc1-c1ccc(C(=O)N2CC[C@H](O)C2)cc1.[HH]. The van der Waals surface area contributed by atoms with Gasteiger partial charge in [0.25, 0.3) is 5.91 Å². The van der Waals surface area contributed by atoms with Crippen molar-refractivity contribution in [2.45, 2.75) is 37.7 Å². The van der Waals surface area contributed by atoms with Crippen LogP contribution in [0.2, 0.25) is 0 Å². The Morgan fingerprint density at radius 2 is 1.81 bits per heavy atom. The summed E-state index contributed by atoms with van der Waals surface area (Å²) in [4.78, 5) is 27.8. The molecule has 0 spiro atoms. The minimum Gasteiger partial charge on any atom is -0.454 e. The fourth-order valence-corrected chi connectivity index (χ4v) is 5.13. The van der Waals surface area contributed by atoms with Crippen molar-refractivity contribution in [1.29, 1.82) is 0 Å². The number of aliphatic hydroxyl groups excluding tert-OH is 1. The first kappa shape index (κ1) is 22.6. The van der Waals surface area contributed by atoms with Gasteiger partial charge in [0, 0.05) is 25.8 Å². The molecule has 2 aliphatic heterocycles. The van der Waals surface area contributed by atoms with Gasteiger partial charge in [-0.05, 0) is 84.8 Å². The Bertz CT molecular complexity index is 1350. The number of carbonyl (C=O) groups is 2. The molecule has 3 aliphatic rings. The van der Waals surface area contributed by atoms with E-state index >= 15 is 0 Å². The number of hydrogen-bond acceptors (Lipinski definition) is 5. The minimum atomic E-state index is -0.544. The molecule has 2 N–H and O–H groups in total. The number of rotatable bonds is 5. The van der Waals surface area contributed by atoms with Crippen LogP contribution in [0, 0.1) is 6.92 Å². The Hall–Kier alpha value is -3.84. The molecule has 3 aromatic rings. The van der Waals surface area contributed by atoms with E-state index in [9.17, 15) is 14.7 Å². The number of nitrogens with one attached hydrogen (secondary N) is 1. The monoisotopic (exact) mass is 486 g/mol. The van der Waals surface area contributed by atoms with Gasteiger partial charge in [0.05, 0.1) is 11.5 Å². The van der Waals surface area contributed by atoms with E-state index in [-0.39, 0.29) is 20.0 Å². The van der Waals surface area contributed by atoms with E-state index in [0.29, 0.717) is 36.6 Å². The number of fused-ring (bicyclic) bond motifs is 1. The quantitative estimate of drug-likeness (QED) is 0.554. The van der Waals surface area contributed by atoms with Crippen LogP contribution >= 0.6 is 0 Å². The summed E-state index contributed by atoms with van der Waals surface area (Å²) in [6.45, 7) is 3.20. The summed E-state index contributed by atoms with van der Waals surface area (Å²) in [5.74, 6) is 1.31. The molecule has 1 saturated carbocycles. The predicted molar refractivity (Wildman–Crippen MR) is 137 cm³/mol. The van der Waals surface area contributed by atoms with Crippen LogP contribution < -0.4 is 14.8 Å². The lowest BCUT2D eigenvalue weighted by atomic mass is 9.94. The van der Waals surface area contributed by atoms with Gasteiger partial charge in [0.15, 0.2) is 11.5 Å². The van der Waals surface area contributed by atoms with Crippen LogP contribution in [0.3, 0.4) is 0 Å². The van der Waals surface area contributed by atoms with Gasteiger partial charge in [-0.2, -0.15) is 0 Å². The van der Waals surface area contributed by atoms with Gasteiger partial charge in [0.2, 0.25) is 12.7 Å². The number of aryl methyl sites for hydroxylation is 1. The van der Waals surface area contributed by atoms with Crippen LogP contribution in [0.25, 0.3) is 11.1 Å². The molecule has 7 nitrogen and oxygen atoms in total. The maximum atomic E-state index is 13.4. The first-order valence-electron chi connectivity index (χ1n) is 12.3. The Morgan fingerprint density at radius 3 is 2.53 bits per heavy atom. The van der Waals surface area contributed by atoms with Crippen molar-refractivity contribution in [2.24, 2.45) is 0 Å². The number of aliphatic hydroxyl groups is 1. The van der Waals surface area contributed by atoms with E-state index in [1.165, 1.54) is 0 Å². The highest BCUT2D eigenvalue weighted by molar-refractivity contribution is 6.02. The summed E-state index contributed by atoms with van der Waals surface area (Å²) < 4.78 is 10.9. The number of nitrogens with zero attached hydrogens (tertiary/aromatic N) is 1. The third-order valence-electron chi connectivity index (χ3n) is 7.50. The number of β-amino-alcohol motifs (C(OH)–C–C–N with tert-alkyl or cyclic N) is 1. The van der Waals surface area contributed by atoms with Crippen molar-refractivity contribution >= 4 is 17.5 Å². The fourth-order valence-electron chi connectivity index (χ4n) is 5.13. The van der Waals surface area contributed by atoms with Gasteiger partial charge in [-0.3, -0.25) is 9.59 Å². The van der Waals surface area contributed by atoms with Gasteiger partial charge >= 0.3 is 0 Å². The minimum absolute atomic E-state index is 0. The summed E-state index contributed by atoms with van der Waals surface area (Å²) in [6, 6.07) is 19.2. The van der Waals surface area contributed by atoms with Crippen molar-refractivity contribution in [2.75, 3.05) is 25.2 Å². The van der Waals surface area contributed by atoms with Crippen LogP contribution in [0.15, 0.2) is 60.7 Å². The zero-order valence-corrected chi connectivity index (χ0v) is 20.1. The molecule has 2 amide bonds. The molecular weight excluding hydrogens is 456 g/mol. The van der Waals surface area contributed by atoms with Crippen molar-refractivity contribution in [1.82, 2.24) is 4.90 Å². The first-order valence-corrected chi connectivity index (χ1v) is 12.3. The number of amides is 2. The Balaban J connectivity index is 0.00000280. The average Bonchev–Trinajstić information content (AvgIpc) is 3.37. The lowest BCUT2D eigenvalue weighted by Crippen LogP contribution is -2.29. The van der Waals surface area contributed by atoms with Gasteiger partial charge < -0.3 is 24.8 Å². The lowest BCUT2D eigenvalue weighted by Gasteiger charge is -2.18. The molecular formula is C29H30N2O5. The molecule has 1 atom stereocenters. The number of anilines is 1. The maximum Gasteiger partial charge on any atom is 0.253 e. The lowest BCUT2D eigenvalue weighted by molar-refractivity contribution is -0.118. The Kier molecular flexibility index (Phi) is 5.45. The molecule has 3 aromatic carbocycles. The van der Waals surface area contributed by atoms with Crippen molar-refractivity contribution in [3.63, 3.8) is 0 Å².